The molecule has 1 amide bonds. The monoisotopic (exact) mass is 372 g/mol. The minimum atomic E-state index is -0.180. The highest BCUT2D eigenvalue weighted by Gasteiger charge is 2.11. The third kappa shape index (κ3) is 4.76. The van der Waals surface area contributed by atoms with E-state index in [-0.39, 0.29) is 17.9 Å². The fraction of sp³-hybridized carbons (Fsp3) is 0.250. The van der Waals surface area contributed by atoms with Gasteiger partial charge in [-0.1, -0.05) is 24.0 Å². The zero-order chi connectivity index (χ0) is 20.3. The van der Waals surface area contributed by atoms with E-state index in [2.05, 4.69) is 42.9 Å². The molecular formula is C24H24N2O2. The Morgan fingerprint density at radius 2 is 1.93 bits per heavy atom. The van der Waals surface area contributed by atoms with Gasteiger partial charge in [-0.15, -0.1) is 0 Å². The van der Waals surface area contributed by atoms with Crippen molar-refractivity contribution in [3.63, 3.8) is 0 Å². The SMILES string of the molecule is Cc1cc(C#CC(C)(C)C)ccc1C(=O)Nc1cnc2cc(CO)ccc2c1. The highest BCUT2D eigenvalue weighted by Crippen LogP contribution is 2.20. The molecule has 0 bridgehead atoms. The Bertz CT molecular complexity index is 1100. The van der Waals surface area contributed by atoms with Gasteiger partial charge in [0.05, 0.1) is 24.0 Å². The molecule has 2 N–H and O–H groups in total. The minimum Gasteiger partial charge on any atom is -0.392 e. The van der Waals surface area contributed by atoms with Gasteiger partial charge in [0.15, 0.2) is 0 Å². The summed E-state index contributed by atoms with van der Waals surface area (Å²) in [7, 11) is 0. The number of aliphatic hydroxyl groups is 1. The third-order valence-corrected chi connectivity index (χ3v) is 4.24. The van der Waals surface area contributed by atoms with Crippen LogP contribution in [-0.4, -0.2) is 16.0 Å². The van der Waals surface area contributed by atoms with Crippen LogP contribution >= 0.6 is 0 Å². The van der Waals surface area contributed by atoms with Gasteiger partial charge in [0.2, 0.25) is 0 Å². The third-order valence-electron chi connectivity index (χ3n) is 4.24. The second-order valence-corrected chi connectivity index (χ2v) is 7.89. The van der Waals surface area contributed by atoms with Crippen LogP contribution in [0.5, 0.6) is 0 Å². The van der Waals surface area contributed by atoms with Crippen LogP contribution in [0.15, 0.2) is 48.7 Å². The molecule has 0 saturated carbocycles. The Morgan fingerprint density at radius 1 is 1.14 bits per heavy atom. The number of nitrogens with one attached hydrogen (secondary N) is 1. The average molecular weight is 372 g/mol. The Hall–Kier alpha value is -3.16. The molecule has 3 rings (SSSR count). The number of aliphatic hydroxyl groups excluding tert-OH is 1. The molecule has 0 fully saturated rings. The van der Waals surface area contributed by atoms with E-state index in [1.165, 1.54) is 0 Å². The number of rotatable bonds is 3. The van der Waals surface area contributed by atoms with Gasteiger partial charge in [0, 0.05) is 21.9 Å². The number of fused-ring (bicyclic) bond motifs is 1. The molecule has 0 aliphatic carbocycles. The lowest BCUT2D eigenvalue weighted by Crippen LogP contribution is -2.13. The van der Waals surface area contributed by atoms with Gasteiger partial charge in [-0.05, 0) is 69.2 Å². The molecule has 0 saturated heterocycles. The number of carbonyl (C=O) groups is 1. The van der Waals surface area contributed by atoms with Crippen molar-refractivity contribution in [2.45, 2.75) is 34.3 Å². The van der Waals surface area contributed by atoms with Gasteiger partial charge < -0.3 is 10.4 Å². The first-order valence-corrected chi connectivity index (χ1v) is 9.20. The largest absolute Gasteiger partial charge is 0.392 e. The summed E-state index contributed by atoms with van der Waals surface area (Å²) in [5.74, 6) is 6.19. The van der Waals surface area contributed by atoms with E-state index < -0.39 is 0 Å². The summed E-state index contributed by atoms with van der Waals surface area (Å²) < 4.78 is 0. The summed E-state index contributed by atoms with van der Waals surface area (Å²) in [4.78, 5) is 17.1. The molecule has 2 aromatic carbocycles. The van der Waals surface area contributed by atoms with Crippen LogP contribution in [-0.2, 0) is 6.61 Å². The van der Waals surface area contributed by atoms with Gasteiger partial charge in [-0.3, -0.25) is 9.78 Å². The standard InChI is InChI=1S/C24H24N2O2/c1-16-11-17(9-10-24(2,3)4)6-8-21(16)23(28)26-20-13-19-7-5-18(15-27)12-22(19)25-14-20/h5-8,11-14,27H,15H2,1-4H3,(H,26,28). The first-order chi connectivity index (χ1) is 13.2. The first-order valence-electron chi connectivity index (χ1n) is 9.20. The van der Waals surface area contributed by atoms with E-state index in [0.29, 0.717) is 11.3 Å². The molecule has 3 aromatic rings. The Morgan fingerprint density at radius 3 is 2.61 bits per heavy atom. The molecular weight excluding hydrogens is 348 g/mol. The summed E-state index contributed by atoms with van der Waals surface area (Å²) in [5.41, 5.74) is 4.53. The maximum Gasteiger partial charge on any atom is 0.255 e. The number of pyridine rings is 1. The number of carbonyl (C=O) groups excluding carboxylic acids is 1. The van der Waals surface area contributed by atoms with E-state index in [1.807, 2.05) is 43.3 Å². The van der Waals surface area contributed by atoms with E-state index in [4.69, 9.17) is 0 Å². The number of nitrogens with zero attached hydrogens (tertiary/aromatic N) is 1. The summed E-state index contributed by atoms with van der Waals surface area (Å²) >= 11 is 0. The summed E-state index contributed by atoms with van der Waals surface area (Å²) in [5, 5.41) is 13.0. The fourth-order valence-electron chi connectivity index (χ4n) is 2.79. The highest BCUT2D eigenvalue weighted by molar-refractivity contribution is 6.06. The van der Waals surface area contributed by atoms with Crippen LogP contribution in [0, 0.1) is 24.2 Å². The lowest BCUT2D eigenvalue weighted by atomic mass is 9.97. The van der Waals surface area contributed by atoms with Crippen LogP contribution < -0.4 is 5.32 Å². The predicted molar refractivity (Wildman–Crippen MR) is 113 cm³/mol. The fourth-order valence-corrected chi connectivity index (χ4v) is 2.79. The summed E-state index contributed by atoms with van der Waals surface area (Å²) in [6.45, 7) is 8.09. The van der Waals surface area contributed by atoms with Crippen molar-refractivity contribution in [3.05, 3.63) is 70.9 Å². The van der Waals surface area contributed by atoms with Crippen molar-refractivity contribution in [1.29, 1.82) is 0 Å². The number of anilines is 1. The van der Waals surface area contributed by atoms with Crippen LogP contribution in [0.3, 0.4) is 0 Å². The second kappa shape index (κ2) is 7.84. The van der Waals surface area contributed by atoms with Crippen LogP contribution in [0.4, 0.5) is 5.69 Å². The Balaban J connectivity index is 1.80. The maximum absolute atomic E-state index is 12.7. The topological polar surface area (TPSA) is 62.2 Å². The van der Waals surface area contributed by atoms with Crippen molar-refractivity contribution in [3.8, 4) is 11.8 Å². The zero-order valence-electron chi connectivity index (χ0n) is 16.6. The smallest absolute Gasteiger partial charge is 0.255 e. The molecule has 0 aliphatic rings. The van der Waals surface area contributed by atoms with E-state index in [9.17, 15) is 9.90 Å². The van der Waals surface area contributed by atoms with E-state index in [0.717, 1.165) is 27.6 Å². The van der Waals surface area contributed by atoms with Gasteiger partial charge in [0.1, 0.15) is 0 Å². The maximum atomic E-state index is 12.7. The quantitative estimate of drug-likeness (QED) is 0.656. The van der Waals surface area contributed by atoms with E-state index in [1.54, 1.807) is 12.3 Å². The number of aryl methyl sites for hydroxylation is 1. The molecule has 0 aliphatic heterocycles. The number of hydrogen-bond donors (Lipinski definition) is 2. The van der Waals surface area contributed by atoms with Crippen LogP contribution in [0.1, 0.15) is 47.8 Å². The molecule has 142 valence electrons. The molecule has 1 aromatic heterocycles. The van der Waals surface area contributed by atoms with Crippen LogP contribution in [0.25, 0.3) is 10.9 Å². The van der Waals surface area contributed by atoms with Gasteiger partial charge >= 0.3 is 0 Å². The van der Waals surface area contributed by atoms with Gasteiger partial charge in [-0.25, -0.2) is 0 Å². The van der Waals surface area contributed by atoms with Gasteiger partial charge in [-0.2, -0.15) is 0 Å². The van der Waals surface area contributed by atoms with Gasteiger partial charge in [0.25, 0.3) is 5.91 Å². The average Bonchev–Trinajstić information content (AvgIpc) is 2.65. The molecule has 0 atom stereocenters. The number of hydrogen-bond acceptors (Lipinski definition) is 3. The number of benzene rings is 2. The molecule has 0 spiro atoms. The van der Waals surface area contributed by atoms with Crippen molar-refractivity contribution >= 4 is 22.5 Å². The molecule has 1 heterocycles. The van der Waals surface area contributed by atoms with Crippen molar-refractivity contribution < 1.29 is 9.90 Å². The summed E-state index contributed by atoms with van der Waals surface area (Å²) in [6, 6.07) is 13.1. The lowest BCUT2D eigenvalue weighted by Gasteiger charge is -2.10. The Labute approximate surface area is 165 Å². The molecule has 0 radical (unpaired) electrons. The van der Waals surface area contributed by atoms with Crippen molar-refractivity contribution in [2.75, 3.05) is 5.32 Å². The highest BCUT2D eigenvalue weighted by atomic mass is 16.3. The zero-order valence-corrected chi connectivity index (χ0v) is 16.6. The Kier molecular flexibility index (Phi) is 5.48. The van der Waals surface area contributed by atoms with Crippen molar-refractivity contribution in [2.24, 2.45) is 5.41 Å². The molecule has 0 unspecified atom stereocenters. The predicted octanol–water partition coefficient (Wildman–Crippen LogP) is 4.69. The molecule has 28 heavy (non-hydrogen) atoms. The first kappa shape index (κ1) is 19.6. The number of aromatic nitrogens is 1. The second-order valence-electron chi connectivity index (χ2n) is 7.89. The van der Waals surface area contributed by atoms with Crippen LogP contribution in [0.2, 0.25) is 0 Å². The van der Waals surface area contributed by atoms with E-state index >= 15 is 0 Å². The lowest BCUT2D eigenvalue weighted by molar-refractivity contribution is 0.102. The normalized spacial score (nSPS) is 11.0. The summed E-state index contributed by atoms with van der Waals surface area (Å²) in [6.07, 6.45) is 1.62. The minimum absolute atomic E-state index is 0.0223. The molecule has 4 nitrogen and oxygen atoms in total. The van der Waals surface area contributed by atoms with Crippen molar-refractivity contribution in [1.82, 2.24) is 4.98 Å². The number of amides is 1. The molecule has 4 heteroatoms.